The summed E-state index contributed by atoms with van der Waals surface area (Å²) >= 11 is 0. The highest BCUT2D eigenvalue weighted by atomic mass is 16.5. The summed E-state index contributed by atoms with van der Waals surface area (Å²) in [4.78, 5) is 11.1. The summed E-state index contributed by atoms with van der Waals surface area (Å²) < 4.78 is 4.76. The van der Waals surface area contributed by atoms with Crippen LogP contribution in [0, 0.1) is 0 Å². The second kappa shape index (κ2) is 8.30. The Kier molecular flexibility index (Phi) is 7.87. The molecule has 0 radical (unpaired) electrons. The molecule has 0 fully saturated rings. The Morgan fingerprint density at radius 3 is 2.40 bits per heavy atom. The van der Waals surface area contributed by atoms with Crippen molar-refractivity contribution in [2.45, 2.75) is 37.9 Å². The Morgan fingerprint density at radius 1 is 1.40 bits per heavy atom. The fraction of sp³-hybridized carbons (Fsp3) is 0.750. The number of hydrogen-bond donors (Lipinski definition) is 6. The van der Waals surface area contributed by atoms with E-state index in [-0.39, 0.29) is 18.7 Å². The van der Waals surface area contributed by atoms with Crippen molar-refractivity contribution in [3.05, 3.63) is 12.2 Å². The predicted octanol–water partition coefficient (Wildman–Crippen LogP) is -2.52. The summed E-state index contributed by atoms with van der Waals surface area (Å²) in [5, 5.41) is 49.4. The highest BCUT2D eigenvalue weighted by Crippen LogP contribution is 2.12. The van der Waals surface area contributed by atoms with Crippen LogP contribution in [0.15, 0.2) is 12.2 Å². The number of carbonyl (C=O) groups excluding carboxylic acids is 1. The second-order valence-electron chi connectivity index (χ2n) is 4.68. The molecule has 0 aromatic heterocycles. The van der Waals surface area contributed by atoms with E-state index in [0.717, 1.165) is 0 Å². The summed E-state index contributed by atoms with van der Waals surface area (Å²) in [5.41, 5.74) is -1.70. The Labute approximate surface area is 117 Å². The van der Waals surface area contributed by atoms with Gasteiger partial charge in [-0.15, -0.1) is 0 Å². The van der Waals surface area contributed by atoms with Gasteiger partial charge in [-0.05, 0) is 13.8 Å². The summed E-state index contributed by atoms with van der Waals surface area (Å²) in [6.45, 7) is 5.22. The topological polar surface area (TPSA) is 139 Å². The average Bonchev–Trinajstić information content (AvgIpc) is 2.40. The van der Waals surface area contributed by atoms with Crippen molar-refractivity contribution in [3.8, 4) is 0 Å². The SMILES string of the molecule is C=C(C)C(=O)OCCN[C@](C)(O)[C@@H](O)[C@H](O)[C@H](O)CO. The van der Waals surface area contributed by atoms with Crippen LogP contribution in [0.5, 0.6) is 0 Å². The van der Waals surface area contributed by atoms with Crippen molar-refractivity contribution >= 4 is 5.97 Å². The molecule has 8 nitrogen and oxygen atoms in total. The van der Waals surface area contributed by atoms with Crippen LogP contribution in [-0.2, 0) is 9.53 Å². The molecular weight excluding hydrogens is 270 g/mol. The maximum absolute atomic E-state index is 11.1. The van der Waals surface area contributed by atoms with Crippen molar-refractivity contribution in [1.29, 1.82) is 0 Å². The zero-order chi connectivity index (χ0) is 15.9. The molecule has 0 bridgehead atoms. The van der Waals surface area contributed by atoms with Gasteiger partial charge in [0.05, 0.1) is 6.61 Å². The van der Waals surface area contributed by atoms with Crippen LogP contribution < -0.4 is 5.32 Å². The third-order valence-electron chi connectivity index (χ3n) is 2.65. The van der Waals surface area contributed by atoms with Crippen molar-refractivity contribution in [3.63, 3.8) is 0 Å². The number of rotatable bonds is 9. The van der Waals surface area contributed by atoms with Crippen LogP contribution in [0.25, 0.3) is 0 Å². The maximum Gasteiger partial charge on any atom is 0.333 e. The summed E-state index contributed by atoms with van der Waals surface area (Å²) in [6, 6.07) is 0. The molecule has 8 heteroatoms. The van der Waals surface area contributed by atoms with E-state index in [1.807, 2.05) is 0 Å². The van der Waals surface area contributed by atoms with Gasteiger partial charge in [0, 0.05) is 12.1 Å². The molecule has 20 heavy (non-hydrogen) atoms. The molecular formula is C12H23NO7. The average molecular weight is 293 g/mol. The van der Waals surface area contributed by atoms with E-state index < -0.39 is 36.6 Å². The van der Waals surface area contributed by atoms with E-state index in [9.17, 15) is 25.2 Å². The van der Waals surface area contributed by atoms with Gasteiger partial charge in [0.25, 0.3) is 0 Å². The zero-order valence-electron chi connectivity index (χ0n) is 11.6. The smallest absolute Gasteiger partial charge is 0.333 e. The van der Waals surface area contributed by atoms with Gasteiger partial charge in [0.1, 0.15) is 30.6 Å². The minimum absolute atomic E-state index is 0.00498. The first-order valence-corrected chi connectivity index (χ1v) is 6.08. The van der Waals surface area contributed by atoms with Gasteiger partial charge >= 0.3 is 5.97 Å². The number of ether oxygens (including phenoxy) is 1. The van der Waals surface area contributed by atoms with Gasteiger partial charge < -0.3 is 30.3 Å². The largest absolute Gasteiger partial charge is 0.461 e. The lowest BCUT2D eigenvalue weighted by Crippen LogP contribution is -2.60. The third-order valence-corrected chi connectivity index (χ3v) is 2.65. The number of aliphatic hydroxyl groups excluding tert-OH is 4. The summed E-state index contributed by atoms with van der Waals surface area (Å²) in [6.07, 6.45) is -5.07. The van der Waals surface area contributed by atoms with Gasteiger partial charge in [-0.1, -0.05) is 6.58 Å². The van der Waals surface area contributed by atoms with Gasteiger partial charge in [0.15, 0.2) is 0 Å². The lowest BCUT2D eigenvalue weighted by molar-refractivity contribution is -0.165. The van der Waals surface area contributed by atoms with E-state index in [0.29, 0.717) is 0 Å². The molecule has 0 saturated heterocycles. The highest BCUT2D eigenvalue weighted by molar-refractivity contribution is 5.86. The number of aliphatic hydroxyl groups is 5. The molecule has 0 aliphatic heterocycles. The fourth-order valence-electron chi connectivity index (χ4n) is 1.33. The van der Waals surface area contributed by atoms with Gasteiger partial charge in [-0.3, -0.25) is 5.32 Å². The second-order valence-corrected chi connectivity index (χ2v) is 4.68. The molecule has 0 saturated carbocycles. The Hall–Kier alpha value is -1.03. The summed E-state index contributed by atoms with van der Waals surface area (Å²) in [7, 11) is 0. The number of nitrogens with one attached hydrogen (secondary N) is 1. The van der Waals surface area contributed by atoms with E-state index in [1.165, 1.54) is 13.8 Å². The van der Waals surface area contributed by atoms with Crippen LogP contribution in [-0.4, -0.2) is 75.3 Å². The maximum atomic E-state index is 11.1. The highest BCUT2D eigenvalue weighted by Gasteiger charge is 2.38. The molecule has 0 unspecified atom stereocenters. The fourth-order valence-corrected chi connectivity index (χ4v) is 1.33. The molecule has 0 amide bonds. The number of esters is 1. The van der Waals surface area contributed by atoms with Crippen molar-refractivity contribution in [2.75, 3.05) is 19.8 Å². The minimum atomic E-state index is -1.94. The Balaban J connectivity index is 4.24. The molecule has 0 aromatic carbocycles. The first-order chi connectivity index (χ1) is 9.13. The van der Waals surface area contributed by atoms with Crippen molar-refractivity contribution in [1.82, 2.24) is 5.32 Å². The quantitative estimate of drug-likeness (QED) is 0.118. The van der Waals surface area contributed by atoms with Crippen LogP contribution in [0.1, 0.15) is 13.8 Å². The van der Waals surface area contributed by atoms with Crippen LogP contribution in [0.4, 0.5) is 0 Å². The standard InChI is InChI=1S/C12H23NO7/c1-7(2)11(18)20-5-4-13-12(3,19)10(17)9(16)8(15)6-14/h8-10,13-17,19H,1,4-6H2,2-3H3/t8-,9-,10+,12-/m1/s1. The predicted molar refractivity (Wildman–Crippen MR) is 69.5 cm³/mol. The third kappa shape index (κ3) is 5.95. The van der Waals surface area contributed by atoms with E-state index in [2.05, 4.69) is 11.9 Å². The van der Waals surface area contributed by atoms with E-state index in [4.69, 9.17) is 9.84 Å². The normalized spacial score (nSPS) is 18.8. The molecule has 0 heterocycles. The number of hydrogen-bond acceptors (Lipinski definition) is 8. The van der Waals surface area contributed by atoms with E-state index >= 15 is 0 Å². The lowest BCUT2D eigenvalue weighted by atomic mass is 9.99. The zero-order valence-corrected chi connectivity index (χ0v) is 11.6. The monoisotopic (exact) mass is 293 g/mol. The Morgan fingerprint density at radius 2 is 1.95 bits per heavy atom. The molecule has 118 valence electrons. The first-order valence-electron chi connectivity index (χ1n) is 6.08. The van der Waals surface area contributed by atoms with Crippen molar-refractivity contribution in [2.24, 2.45) is 0 Å². The molecule has 0 aliphatic rings. The van der Waals surface area contributed by atoms with Gasteiger partial charge in [-0.25, -0.2) is 4.79 Å². The lowest BCUT2D eigenvalue weighted by Gasteiger charge is -2.34. The molecule has 6 N–H and O–H groups in total. The molecule has 0 spiro atoms. The molecule has 0 rings (SSSR count). The van der Waals surface area contributed by atoms with Gasteiger partial charge in [-0.2, -0.15) is 0 Å². The van der Waals surface area contributed by atoms with Crippen LogP contribution in [0.3, 0.4) is 0 Å². The first kappa shape index (κ1) is 19.0. The van der Waals surface area contributed by atoms with E-state index in [1.54, 1.807) is 0 Å². The van der Waals surface area contributed by atoms with Gasteiger partial charge in [0.2, 0.25) is 0 Å². The van der Waals surface area contributed by atoms with Crippen molar-refractivity contribution < 1.29 is 35.1 Å². The molecule has 0 aliphatic carbocycles. The molecule has 4 atom stereocenters. The van der Waals surface area contributed by atoms with Crippen LogP contribution >= 0.6 is 0 Å². The van der Waals surface area contributed by atoms with Crippen LogP contribution in [0.2, 0.25) is 0 Å². The molecule has 0 aromatic rings. The minimum Gasteiger partial charge on any atom is -0.461 e. The number of carbonyl (C=O) groups is 1. The summed E-state index contributed by atoms with van der Waals surface area (Å²) in [5.74, 6) is -0.581. The Bertz CT molecular complexity index is 332.